The molecule has 1 unspecified atom stereocenters. The van der Waals surface area contributed by atoms with Crippen molar-refractivity contribution in [1.82, 2.24) is 34.8 Å². The Labute approximate surface area is 246 Å². The van der Waals surface area contributed by atoms with Crippen LogP contribution < -0.4 is 16.2 Å². The molecule has 6 aromatic rings. The monoisotopic (exact) mass is 576 g/mol. The number of rotatable bonds is 8. The second-order valence-corrected chi connectivity index (χ2v) is 10.4. The molecule has 0 fully saturated rings. The van der Waals surface area contributed by atoms with E-state index in [1.807, 2.05) is 54.1 Å². The van der Waals surface area contributed by atoms with Crippen LogP contribution in [0, 0.1) is 12.7 Å². The Hall–Kier alpha value is -5.42. The van der Waals surface area contributed by atoms with Crippen LogP contribution in [0.15, 0.2) is 90.2 Å². The summed E-state index contributed by atoms with van der Waals surface area (Å²) in [7, 11) is 1.68. The van der Waals surface area contributed by atoms with E-state index in [1.54, 1.807) is 49.3 Å². The van der Waals surface area contributed by atoms with Crippen LogP contribution in [0.3, 0.4) is 0 Å². The van der Waals surface area contributed by atoms with Gasteiger partial charge in [0.05, 0.1) is 35.7 Å². The molecular formula is C32H29FN8O2. The average molecular weight is 577 g/mol. The number of halogens is 1. The molecule has 0 saturated carbocycles. The summed E-state index contributed by atoms with van der Waals surface area (Å²) in [5.41, 5.74) is 6.23. The lowest BCUT2D eigenvalue weighted by Crippen LogP contribution is -2.37. The van der Waals surface area contributed by atoms with Crippen LogP contribution >= 0.6 is 0 Å². The fourth-order valence-corrected chi connectivity index (χ4v) is 5.06. The molecule has 0 aliphatic rings. The Bertz CT molecular complexity index is 2000. The first-order valence-corrected chi connectivity index (χ1v) is 13.7. The predicted molar refractivity (Wildman–Crippen MR) is 164 cm³/mol. The molecule has 1 amide bonds. The fraction of sp³-hybridized carbons (Fsp3) is 0.156. The number of anilines is 1. The van der Waals surface area contributed by atoms with Gasteiger partial charge in [0.25, 0.3) is 5.56 Å². The van der Waals surface area contributed by atoms with E-state index >= 15 is 0 Å². The minimum Gasteiger partial charge on any atom is -0.320 e. The van der Waals surface area contributed by atoms with Gasteiger partial charge >= 0.3 is 0 Å². The van der Waals surface area contributed by atoms with Crippen LogP contribution in [0.1, 0.15) is 18.1 Å². The Kier molecular flexibility index (Phi) is 7.39. The quantitative estimate of drug-likeness (QED) is 0.242. The van der Waals surface area contributed by atoms with Crippen molar-refractivity contribution in [3.8, 4) is 28.2 Å². The third-order valence-corrected chi connectivity index (χ3v) is 7.52. The summed E-state index contributed by atoms with van der Waals surface area (Å²) in [6.45, 7) is 3.85. The summed E-state index contributed by atoms with van der Waals surface area (Å²) in [4.78, 5) is 31.0. The van der Waals surface area contributed by atoms with Crippen molar-refractivity contribution < 1.29 is 9.18 Å². The Balaban J connectivity index is 1.41. The lowest BCUT2D eigenvalue weighted by atomic mass is 10.1. The van der Waals surface area contributed by atoms with Crippen LogP contribution in [0.5, 0.6) is 0 Å². The molecule has 3 N–H and O–H groups in total. The zero-order valence-corrected chi connectivity index (χ0v) is 23.8. The van der Waals surface area contributed by atoms with E-state index in [0.717, 1.165) is 38.8 Å². The molecule has 0 aliphatic heterocycles. The maximum atomic E-state index is 13.9. The number of likely N-dealkylation sites (N-methyl/N-ethyl adjacent to an activating group) is 1. The van der Waals surface area contributed by atoms with Crippen molar-refractivity contribution in [2.45, 2.75) is 26.4 Å². The molecule has 216 valence electrons. The summed E-state index contributed by atoms with van der Waals surface area (Å²) < 4.78 is 17.5. The first kappa shape index (κ1) is 27.7. The fourth-order valence-electron chi connectivity index (χ4n) is 5.06. The molecule has 0 bridgehead atoms. The molecule has 4 aromatic heterocycles. The molecule has 11 heteroatoms. The molecular weight excluding hydrogens is 547 g/mol. The normalized spacial score (nSPS) is 12.0. The van der Waals surface area contributed by atoms with E-state index in [2.05, 4.69) is 31.0 Å². The number of nitrogens with zero attached hydrogens (tertiary/aromatic N) is 5. The van der Waals surface area contributed by atoms with Crippen molar-refractivity contribution in [3.05, 3.63) is 113 Å². The molecule has 2 aromatic carbocycles. The summed E-state index contributed by atoms with van der Waals surface area (Å²) in [6.07, 6.45) is 7.09. The molecule has 0 spiro atoms. The number of hydrogen-bond acceptors (Lipinski definition) is 6. The third kappa shape index (κ3) is 5.45. The van der Waals surface area contributed by atoms with Gasteiger partial charge in [0.1, 0.15) is 17.2 Å². The maximum Gasteiger partial charge on any atom is 0.275 e. The van der Waals surface area contributed by atoms with Gasteiger partial charge in [-0.25, -0.2) is 4.39 Å². The van der Waals surface area contributed by atoms with Gasteiger partial charge < -0.3 is 19.8 Å². The molecule has 0 saturated heterocycles. The van der Waals surface area contributed by atoms with Gasteiger partial charge in [-0.3, -0.25) is 19.7 Å². The Morgan fingerprint density at radius 1 is 1.05 bits per heavy atom. The summed E-state index contributed by atoms with van der Waals surface area (Å²) in [5, 5.41) is 17.0. The minimum atomic E-state index is -0.481. The van der Waals surface area contributed by atoms with Crippen molar-refractivity contribution in [1.29, 1.82) is 0 Å². The van der Waals surface area contributed by atoms with E-state index in [-0.39, 0.29) is 29.5 Å². The highest BCUT2D eigenvalue weighted by Gasteiger charge is 2.17. The van der Waals surface area contributed by atoms with Gasteiger partial charge in [0, 0.05) is 29.5 Å². The van der Waals surface area contributed by atoms with Crippen molar-refractivity contribution in [3.63, 3.8) is 0 Å². The lowest BCUT2D eigenvalue weighted by molar-refractivity contribution is -0.117. The Morgan fingerprint density at radius 2 is 1.84 bits per heavy atom. The van der Waals surface area contributed by atoms with Gasteiger partial charge in [0.15, 0.2) is 0 Å². The summed E-state index contributed by atoms with van der Waals surface area (Å²) >= 11 is 0. The molecule has 43 heavy (non-hydrogen) atoms. The van der Waals surface area contributed by atoms with Crippen molar-refractivity contribution >= 4 is 22.5 Å². The first-order valence-electron chi connectivity index (χ1n) is 13.7. The van der Waals surface area contributed by atoms with Crippen LogP contribution in [0.4, 0.5) is 10.1 Å². The number of pyridine rings is 2. The van der Waals surface area contributed by atoms with E-state index in [1.165, 1.54) is 12.1 Å². The number of fused-ring (bicyclic) bond motifs is 1. The topological polar surface area (TPSA) is 123 Å². The number of benzene rings is 2. The van der Waals surface area contributed by atoms with Gasteiger partial charge in [-0.15, -0.1) is 5.10 Å². The van der Waals surface area contributed by atoms with Gasteiger partial charge in [-0.05, 0) is 74.0 Å². The first-order chi connectivity index (χ1) is 20.8. The number of nitrogens with one attached hydrogen (secondary N) is 3. The second-order valence-electron chi connectivity index (χ2n) is 10.4. The zero-order chi connectivity index (χ0) is 30.1. The van der Waals surface area contributed by atoms with Gasteiger partial charge in [-0.2, -0.15) is 0 Å². The number of hydrogen-bond donors (Lipinski definition) is 3. The van der Waals surface area contributed by atoms with Crippen LogP contribution in [-0.4, -0.2) is 48.5 Å². The molecule has 0 aliphatic carbocycles. The number of carbonyl (C=O) groups excluding carboxylic acids is 1. The van der Waals surface area contributed by atoms with E-state index in [4.69, 9.17) is 0 Å². The van der Waals surface area contributed by atoms with E-state index < -0.39 is 6.04 Å². The highest BCUT2D eigenvalue weighted by Crippen LogP contribution is 2.27. The van der Waals surface area contributed by atoms with Gasteiger partial charge in [0.2, 0.25) is 5.91 Å². The smallest absolute Gasteiger partial charge is 0.275 e. The SMILES string of the molecule is CNC(C)C(=O)Nc1ccc(-c2ccc(-c3c[nH]nn3)cc2)n(Cc2cncc(-n3cc(C)c4cc(F)ccc43)c2)c1=O. The van der Waals surface area contributed by atoms with E-state index in [9.17, 15) is 14.0 Å². The van der Waals surface area contributed by atoms with Crippen LogP contribution in [0.2, 0.25) is 0 Å². The summed E-state index contributed by atoms with van der Waals surface area (Å²) in [5.74, 6) is -0.608. The highest BCUT2D eigenvalue weighted by atomic mass is 19.1. The number of amides is 1. The Morgan fingerprint density at radius 3 is 2.58 bits per heavy atom. The molecule has 4 heterocycles. The number of aryl methyl sites for hydroxylation is 1. The maximum absolute atomic E-state index is 13.9. The highest BCUT2D eigenvalue weighted by molar-refractivity contribution is 5.94. The van der Waals surface area contributed by atoms with Crippen LogP contribution in [-0.2, 0) is 11.3 Å². The van der Waals surface area contributed by atoms with Crippen molar-refractivity contribution in [2.75, 3.05) is 12.4 Å². The zero-order valence-electron chi connectivity index (χ0n) is 23.8. The number of aromatic amines is 1. The number of aromatic nitrogens is 6. The average Bonchev–Trinajstić information content (AvgIpc) is 3.67. The van der Waals surface area contributed by atoms with Crippen LogP contribution in [0.25, 0.3) is 39.1 Å². The number of H-pyrrole nitrogens is 1. The van der Waals surface area contributed by atoms with Crippen molar-refractivity contribution in [2.24, 2.45) is 0 Å². The predicted octanol–water partition coefficient (Wildman–Crippen LogP) is 4.68. The summed E-state index contributed by atoms with van der Waals surface area (Å²) in [6, 6.07) is 17.3. The number of carbonyl (C=O) groups is 1. The molecule has 0 radical (unpaired) electrons. The molecule has 1 atom stereocenters. The minimum absolute atomic E-state index is 0.174. The van der Waals surface area contributed by atoms with E-state index in [0.29, 0.717) is 11.4 Å². The van der Waals surface area contributed by atoms with Gasteiger partial charge in [-0.1, -0.05) is 29.5 Å². The second kappa shape index (κ2) is 11.5. The molecule has 6 rings (SSSR count). The third-order valence-electron chi connectivity index (χ3n) is 7.52. The largest absolute Gasteiger partial charge is 0.320 e. The lowest BCUT2D eigenvalue weighted by Gasteiger charge is -2.17. The molecule has 10 nitrogen and oxygen atoms in total. The standard InChI is InChI=1S/C32H29FN8O2/c1-19-17-40(30-10-8-24(33)13-26(19)30)25-12-21(14-35-15-25)18-41-29(11-9-27(32(41)43)37-31(42)20(2)34-3)23-6-4-22(5-7-23)28-16-36-39-38-28/h4-17,20,34H,18H2,1-3H3,(H,37,42)(H,36,38,39).